The maximum absolute atomic E-state index is 10.6. The third-order valence-electron chi connectivity index (χ3n) is 3.28. The van der Waals surface area contributed by atoms with Gasteiger partial charge in [-0.3, -0.25) is 14.7 Å². The fourth-order valence-electron chi connectivity index (χ4n) is 2.41. The van der Waals surface area contributed by atoms with Gasteiger partial charge in [0.2, 0.25) is 0 Å². The largest absolute Gasteiger partial charge is 0.481 e. The van der Waals surface area contributed by atoms with Crippen LogP contribution in [-0.2, 0) is 11.3 Å². The molecule has 1 aromatic heterocycles. The number of likely N-dealkylation sites (tertiary alicyclic amines) is 1. The fraction of sp³-hybridized carbons (Fsp3) is 0.667. The number of carboxylic acids is 1. The second-order valence-electron chi connectivity index (χ2n) is 4.52. The molecule has 1 aliphatic heterocycles. The molecule has 5 heteroatoms. The van der Waals surface area contributed by atoms with E-state index in [1.54, 1.807) is 11.3 Å². The lowest BCUT2D eigenvalue weighted by Gasteiger charge is -2.35. The highest BCUT2D eigenvalue weighted by atomic mass is 32.1. The maximum Gasteiger partial charge on any atom is 0.303 e. The van der Waals surface area contributed by atoms with Gasteiger partial charge in [0.15, 0.2) is 0 Å². The minimum absolute atomic E-state index is 0.282. The molecule has 0 aliphatic carbocycles. The van der Waals surface area contributed by atoms with Gasteiger partial charge in [-0.05, 0) is 25.8 Å². The first-order valence-electron chi connectivity index (χ1n) is 6.09. The highest BCUT2D eigenvalue weighted by molar-refractivity contribution is 7.09. The van der Waals surface area contributed by atoms with E-state index >= 15 is 0 Å². The molecule has 0 bridgehead atoms. The third kappa shape index (κ3) is 3.78. The Morgan fingerprint density at radius 2 is 2.47 bits per heavy atom. The smallest absolute Gasteiger partial charge is 0.303 e. The number of piperidine rings is 1. The van der Waals surface area contributed by atoms with Crippen molar-refractivity contribution in [2.45, 2.75) is 44.7 Å². The van der Waals surface area contributed by atoms with E-state index in [1.807, 2.05) is 11.7 Å². The summed E-state index contributed by atoms with van der Waals surface area (Å²) in [6.07, 6.45) is 6.55. The van der Waals surface area contributed by atoms with E-state index in [1.165, 1.54) is 17.7 Å². The van der Waals surface area contributed by atoms with Crippen LogP contribution in [0, 0.1) is 0 Å². The topological polar surface area (TPSA) is 53.4 Å². The highest BCUT2D eigenvalue weighted by Gasteiger charge is 2.23. The standard InChI is InChI=1S/C12H18N2O2S/c15-12(16)5-4-10-3-1-2-6-14(10)8-11-7-13-9-17-11/h7,9-10H,1-6,8H2,(H,15,16). The van der Waals surface area contributed by atoms with Crippen LogP contribution in [0.5, 0.6) is 0 Å². The van der Waals surface area contributed by atoms with Crippen LogP contribution < -0.4 is 0 Å². The van der Waals surface area contributed by atoms with E-state index in [4.69, 9.17) is 5.11 Å². The maximum atomic E-state index is 10.6. The molecule has 1 aliphatic rings. The van der Waals surface area contributed by atoms with E-state index in [2.05, 4.69) is 9.88 Å². The van der Waals surface area contributed by atoms with Gasteiger partial charge in [0.1, 0.15) is 0 Å². The van der Waals surface area contributed by atoms with Gasteiger partial charge in [-0.25, -0.2) is 0 Å². The van der Waals surface area contributed by atoms with E-state index < -0.39 is 5.97 Å². The normalized spacial score (nSPS) is 21.5. The lowest BCUT2D eigenvalue weighted by atomic mass is 9.98. The van der Waals surface area contributed by atoms with Crippen LogP contribution >= 0.6 is 11.3 Å². The first-order chi connectivity index (χ1) is 8.25. The van der Waals surface area contributed by atoms with Crippen LogP contribution in [0.25, 0.3) is 0 Å². The Balaban J connectivity index is 1.89. The number of nitrogens with zero attached hydrogens (tertiary/aromatic N) is 2. The first-order valence-corrected chi connectivity index (χ1v) is 6.97. The quantitative estimate of drug-likeness (QED) is 0.876. The molecular weight excluding hydrogens is 236 g/mol. The molecule has 0 spiro atoms. The zero-order chi connectivity index (χ0) is 12.1. The summed E-state index contributed by atoms with van der Waals surface area (Å²) in [7, 11) is 0. The molecule has 1 aromatic rings. The minimum Gasteiger partial charge on any atom is -0.481 e. The molecule has 1 atom stereocenters. The zero-order valence-corrected chi connectivity index (χ0v) is 10.7. The highest BCUT2D eigenvalue weighted by Crippen LogP contribution is 2.23. The predicted octanol–water partition coefficient (Wildman–Crippen LogP) is 2.36. The SMILES string of the molecule is O=C(O)CCC1CCCCN1Cc1cncs1. The summed E-state index contributed by atoms with van der Waals surface area (Å²) in [5.74, 6) is -0.687. The Morgan fingerprint density at radius 3 is 3.18 bits per heavy atom. The molecule has 2 rings (SSSR count). The lowest BCUT2D eigenvalue weighted by Crippen LogP contribution is -2.39. The van der Waals surface area contributed by atoms with Crippen molar-refractivity contribution in [3.63, 3.8) is 0 Å². The van der Waals surface area contributed by atoms with Crippen molar-refractivity contribution >= 4 is 17.3 Å². The molecule has 0 radical (unpaired) electrons. The molecule has 0 saturated carbocycles. The van der Waals surface area contributed by atoms with E-state index in [9.17, 15) is 4.79 Å². The van der Waals surface area contributed by atoms with Gasteiger partial charge in [0.25, 0.3) is 0 Å². The van der Waals surface area contributed by atoms with Gasteiger partial charge in [0.05, 0.1) is 5.51 Å². The molecule has 1 fully saturated rings. The van der Waals surface area contributed by atoms with E-state index in [0.29, 0.717) is 6.04 Å². The van der Waals surface area contributed by atoms with Crippen LogP contribution in [0.15, 0.2) is 11.7 Å². The molecule has 4 nitrogen and oxygen atoms in total. The van der Waals surface area contributed by atoms with Gasteiger partial charge >= 0.3 is 5.97 Å². The molecule has 0 amide bonds. The van der Waals surface area contributed by atoms with Crippen molar-refractivity contribution in [1.82, 2.24) is 9.88 Å². The summed E-state index contributed by atoms with van der Waals surface area (Å²) in [6, 6.07) is 0.432. The summed E-state index contributed by atoms with van der Waals surface area (Å²) in [5.41, 5.74) is 1.85. The van der Waals surface area contributed by atoms with Gasteiger partial charge in [-0.1, -0.05) is 6.42 Å². The van der Waals surface area contributed by atoms with E-state index in [0.717, 1.165) is 25.9 Å². The number of hydrogen-bond acceptors (Lipinski definition) is 4. The average molecular weight is 254 g/mol. The van der Waals surface area contributed by atoms with Gasteiger partial charge in [-0.2, -0.15) is 0 Å². The molecule has 17 heavy (non-hydrogen) atoms. The van der Waals surface area contributed by atoms with Crippen molar-refractivity contribution in [1.29, 1.82) is 0 Å². The Hall–Kier alpha value is -0.940. The van der Waals surface area contributed by atoms with Crippen LogP contribution in [0.4, 0.5) is 0 Å². The number of rotatable bonds is 5. The van der Waals surface area contributed by atoms with Crippen molar-refractivity contribution in [3.05, 3.63) is 16.6 Å². The molecule has 1 N–H and O–H groups in total. The second kappa shape index (κ2) is 6.12. The summed E-state index contributed by atoms with van der Waals surface area (Å²) >= 11 is 1.67. The fourth-order valence-corrected chi connectivity index (χ4v) is 3.02. The van der Waals surface area contributed by atoms with Crippen LogP contribution in [-0.4, -0.2) is 33.5 Å². The number of carboxylic acid groups (broad SMARTS) is 1. The number of thiazole rings is 1. The molecular formula is C12H18N2O2S. The Kier molecular flexibility index (Phi) is 4.50. The Morgan fingerprint density at radius 1 is 1.59 bits per heavy atom. The van der Waals surface area contributed by atoms with Crippen molar-refractivity contribution < 1.29 is 9.90 Å². The lowest BCUT2D eigenvalue weighted by molar-refractivity contribution is -0.137. The number of carbonyl (C=O) groups is 1. The van der Waals surface area contributed by atoms with Crippen LogP contribution in [0.2, 0.25) is 0 Å². The monoisotopic (exact) mass is 254 g/mol. The number of hydrogen-bond donors (Lipinski definition) is 1. The van der Waals surface area contributed by atoms with Crippen molar-refractivity contribution in [3.8, 4) is 0 Å². The van der Waals surface area contributed by atoms with Gasteiger partial charge in [0, 0.05) is 30.1 Å². The van der Waals surface area contributed by atoms with Crippen LogP contribution in [0.3, 0.4) is 0 Å². The molecule has 0 aromatic carbocycles. The molecule has 2 heterocycles. The van der Waals surface area contributed by atoms with E-state index in [-0.39, 0.29) is 6.42 Å². The second-order valence-corrected chi connectivity index (χ2v) is 5.49. The minimum atomic E-state index is -0.687. The number of aliphatic carboxylic acids is 1. The predicted molar refractivity (Wildman–Crippen MR) is 67.0 cm³/mol. The number of aromatic nitrogens is 1. The van der Waals surface area contributed by atoms with Gasteiger partial charge in [-0.15, -0.1) is 11.3 Å². The molecule has 1 unspecified atom stereocenters. The molecule has 1 saturated heterocycles. The Bertz CT molecular complexity index is 353. The van der Waals surface area contributed by atoms with Crippen molar-refractivity contribution in [2.24, 2.45) is 0 Å². The Labute approximate surface area is 105 Å². The van der Waals surface area contributed by atoms with Gasteiger partial charge < -0.3 is 5.11 Å². The average Bonchev–Trinajstić information content (AvgIpc) is 2.80. The molecule has 94 valence electrons. The van der Waals surface area contributed by atoms with Crippen molar-refractivity contribution in [2.75, 3.05) is 6.54 Å². The first kappa shape index (κ1) is 12.5. The summed E-state index contributed by atoms with van der Waals surface area (Å²) < 4.78 is 0. The summed E-state index contributed by atoms with van der Waals surface area (Å²) in [5, 5.41) is 8.76. The zero-order valence-electron chi connectivity index (χ0n) is 9.84. The third-order valence-corrected chi connectivity index (χ3v) is 4.05. The van der Waals surface area contributed by atoms with Crippen LogP contribution in [0.1, 0.15) is 37.0 Å². The summed E-state index contributed by atoms with van der Waals surface area (Å²) in [6.45, 7) is 2.01. The summed E-state index contributed by atoms with van der Waals surface area (Å²) in [4.78, 5) is 18.4.